The van der Waals surface area contributed by atoms with E-state index in [9.17, 15) is 0 Å². The molecular weight excluding hydrogens is 286 g/mol. The number of benzene rings is 2. The summed E-state index contributed by atoms with van der Waals surface area (Å²) in [7, 11) is 1.68. The van der Waals surface area contributed by atoms with E-state index in [1.807, 2.05) is 19.1 Å². The van der Waals surface area contributed by atoms with E-state index in [1.165, 1.54) is 11.1 Å². The van der Waals surface area contributed by atoms with Crippen LogP contribution in [0.3, 0.4) is 0 Å². The van der Waals surface area contributed by atoms with Crippen LogP contribution in [0.4, 0.5) is 5.69 Å². The molecule has 0 fully saturated rings. The number of fused-ring (bicyclic) bond motifs is 3. The van der Waals surface area contributed by atoms with E-state index >= 15 is 0 Å². The molecule has 0 saturated heterocycles. The summed E-state index contributed by atoms with van der Waals surface area (Å²) in [5, 5.41) is 8.31. The molecule has 0 radical (unpaired) electrons. The number of aryl methyl sites for hydroxylation is 2. The van der Waals surface area contributed by atoms with Gasteiger partial charge in [0, 0.05) is 11.3 Å². The lowest BCUT2D eigenvalue weighted by Crippen LogP contribution is -2.25. The number of nitrogens with one attached hydrogen (secondary N) is 1. The van der Waals surface area contributed by atoms with Crippen molar-refractivity contribution in [2.75, 3.05) is 12.4 Å². The Morgan fingerprint density at radius 1 is 1.04 bits per heavy atom. The summed E-state index contributed by atoms with van der Waals surface area (Å²) < 4.78 is 7.33. The van der Waals surface area contributed by atoms with Gasteiger partial charge in [0.05, 0.1) is 18.5 Å². The minimum Gasteiger partial charge on any atom is -0.497 e. The molecule has 1 aliphatic rings. The molecule has 4 rings (SSSR count). The van der Waals surface area contributed by atoms with Gasteiger partial charge in [0.2, 0.25) is 0 Å². The third-order valence-electron chi connectivity index (χ3n) is 4.28. The van der Waals surface area contributed by atoms with Gasteiger partial charge in [0.25, 0.3) is 0 Å². The number of nitrogens with zero attached hydrogens (tertiary/aromatic N) is 2. The molecule has 1 aliphatic heterocycles. The van der Waals surface area contributed by atoms with Gasteiger partial charge in [-0.2, -0.15) is 5.10 Å². The fourth-order valence-corrected chi connectivity index (χ4v) is 3.13. The summed E-state index contributed by atoms with van der Waals surface area (Å²) in [6, 6.07) is 16.8. The van der Waals surface area contributed by atoms with Crippen molar-refractivity contribution >= 4 is 5.69 Å². The molecule has 1 aromatic heterocycles. The first-order chi connectivity index (χ1) is 11.2. The smallest absolute Gasteiger partial charge is 0.147 e. The fraction of sp³-hybridized carbons (Fsp3) is 0.211. The van der Waals surface area contributed by atoms with Crippen LogP contribution >= 0.6 is 0 Å². The Labute approximate surface area is 135 Å². The third kappa shape index (κ3) is 2.27. The van der Waals surface area contributed by atoms with Crippen LogP contribution in [0.15, 0.2) is 48.5 Å². The van der Waals surface area contributed by atoms with Crippen LogP contribution in [0.1, 0.15) is 23.0 Å². The Morgan fingerprint density at radius 2 is 1.83 bits per heavy atom. The molecule has 116 valence electrons. The topological polar surface area (TPSA) is 39.1 Å². The summed E-state index contributed by atoms with van der Waals surface area (Å²) in [5.41, 5.74) is 6.93. The van der Waals surface area contributed by atoms with E-state index in [0.29, 0.717) is 0 Å². The number of anilines is 1. The van der Waals surface area contributed by atoms with Gasteiger partial charge in [-0.15, -0.1) is 0 Å². The number of aromatic nitrogens is 2. The minimum absolute atomic E-state index is 0.0141. The molecule has 0 spiro atoms. The van der Waals surface area contributed by atoms with Crippen molar-refractivity contribution in [3.05, 3.63) is 65.4 Å². The standard InChI is InChI=1S/C19H19N3O/c1-12-4-9-17-16(10-12)18-11-13(2)21-22(18)19(20-17)14-5-7-15(23-3)8-6-14/h4-11,19-20H,1-3H3/t19-/m0/s1. The van der Waals surface area contributed by atoms with Crippen molar-refractivity contribution in [1.29, 1.82) is 0 Å². The van der Waals surface area contributed by atoms with Crippen molar-refractivity contribution in [2.24, 2.45) is 0 Å². The van der Waals surface area contributed by atoms with Gasteiger partial charge >= 0.3 is 0 Å². The van der Waals surface area contributed by atoms with Crippen LogP contribution in [-0.2, 0) is 0 Å². The van der Waals surface area contributed by atoms with E-state index in [1.54, 1.807) is 7.11 Å². The molecule has 2 aromatic carbocycles. The van der Waals surface area contributed by atoms with Crippen LogP contribution in [0.25, 0.3) is 11.3 Å². The molecule has 0 saturated carbocycles. The van der Waals surface area contributed by atoms with Crippen molar-refractivity contribution in [3.63, 3.8) is 0 Å². The predicted molar refractivity (Wildman–Crippen MR) is 91.9 cm³/mol. The molecule has 1 atom stereocenters. The molecule has 0 aliphatic carbocycles. The molecular formula is C19H19N3O. The predicted octanol–water partition coefficient (Wildman–Crippen LogP) is 4.15. The molecule has 3 aromatic rings. The van der Waals surface area contributed by atoms with Crippen LogP contribution in [0.5, 0.6) is 5.75 Å². The van der Waals surface area contributed by atoms with Crippen molar-refractivity contribution in [2.45, 2.75) is 20.0 Å². The number of ether oxygens (including phenoxy) is 1. The average molecular weight is 305 g/mol. The van der Waals surface area contributed by atoms with Crippen molar-refractivity contribution in [3.8, 4) is 17.0 Å². The highest BCUT2D eigenvalue weighted by atomic mass is 16.5. The average Bonchev–Trinajstić information content (AvgIpc) is 2.96. The first kappa shape index (κ1) is 13.9. The lowest BCUT2D eigenvalue weighted by atomic mass is 10.0. The summed E-state index contributed by atoms with van der Waals surface area (Å²) in [5.74, 6) is 0.859. The molecule has 1 N–H and O–H groups in total. The van der Waals surface area contributed by atoms with Gasteiger partial charge in [-0.05, 0) is 49.7 Å². The number of hydrogen-bond acceptors (Lipinski definition) is 3. The van der Waals surface area contributed by atoms with Crippen LogP contribution in [0, 0.1) is 13.8 Å². The zero-order valence-electron chi connectivity index (χ0n) is 13.5. The zero-order valence-corrected chi connectivity index (χ0v) is 13.5. The second-order valence-electron chi connectivity index (χ2n) is 5.98. The highest BCUT2D eigenvalue weighted by molar-refractivity contribution is 5.79. The molecule has 0 bridgehead atoms. The quantitative estimate of drug-likeness (QED) is 0.773. The molecule has 23 heavy (non-hydrogen) atoms. The second kappa shape index (κ2) is 5.16. The van der Waals surface area contributed by atoms with Crippen LogP contribution in [-0.4, -0.2) is 16.9 Å². The Bertz CT molecular complexity index is 865. The first-order valence-corrected chi connectivity index (χ1v) is 7.73. The summed E-state index contributed by atoms with van der Waals surface area (Å²) >= 11 is 0. The van der Waals surface area contributed by atoms with Crippen molar-refractivity contribution in [1.82, 2.24) is 9.78 Å². The highest BCUT2D eigenvalue weighted by Gasteiger charge is 2.26. The van der Waals surface area contributed by atoms with Gasteiger partial charge in [-0.25, -0.2) is 4.68 Å². The molecule has 4 heteroatoms. The maximum Gasteiger partial charge on any atom is 0.147 e. The highest BCUT2D eigenvalue weighted by Crippen LogP contribution is 2.39. The van der Waals surface area contributed by atoms with Gasteiger partial charge in [-0.1, -0.05) is 23.8 Å². The number of rotatable bonds is 2. The maximum absolute atomic E-state index is 5.26. The zero-order chi connectivity index (χ0) is 16.0. The minimum atomic E-state index is -0.0141. The SMILES string of the molecule is COc1ccc([C@H]2Nc3ccc(C)cc3-c3cc(C)nn32)cc1. The first-order valence-electron chi connectivity index (χ1n) is 7.73. The van der Waals surface area contributed by atoms with Gasteiger partial charge in [-0.3, -0.25) is 0 Å². The van der Waals surface area contributed by atoms with Gasteiger partial charge < -0.3 is 10.1 Å². The second-order valence-corrected chi connectivity index (χ2v) is 5.98. The molecule has 0 amide bonds. The molecule has 0 unspecified atom stereocenters. The van der Waals surface area contributed by atoms with E-state index in [2.05, 4.69) is 53.3 Å². The van der Waals surface area contributed by atoms with E-state index in [-0.39, 0.29) is 6.17 Å². The van der Waals surface area contributed by atoms with Crippen LogP contribution < -0.4 is 10.1 Å². The largest absolute Gasteiger partial charge is 0.497 e. The third-order valence-corrected chi connectivity index (χ3v) is 4.28. The van der Waals surface area contributed by atoms with Gasteiger partial charge in [0.1, 0.15) is 11.9 Å². The Kier molecular flexibility index (Phi) is 3.11. The fourth-order valence-electron chi connectivity index (χ4n) is 3.13. The molecule has 4 nitrogen and oxygen atoms in total. The summed E-state index contributed by atoms with van der Waals surface area (Å²) in [4.78, 5) is 0. The van der Waals surface area contributed by atoms with E-state index in [4.69, 9.17) is 9.84 Å². The van der Waals surface area contributed by atoms with Crippen molar-refractivity contribution < 1.29 is 4.74 Å². The van der Waals surface area contributed by atoms with E-state index in [0.717, 1.165) is 28.4 Å². The van der Waals surface area contributed by atoms with E-state index < -0.39 is 0 Å². The summed E-state index contributed by atoms with van der Waals surface area (Å²) in [6.45, 7) is 4.15. The lowest BCUT2D eigenvalue weighted by molar-refractivity contribution is 0.414. The number of methoxy groups -OCH3 is 1. The Hall–Kier alpha value is -2.75. The summed E-state index contributed by atoms with van der Waals surface area (Å²) in [6.07, 6.45) is -0.0141. The van der Waals surface area contributed by atoms with Crippen LogP contribution in [0.2, 0.25) is 0 Å². The lowest BCUT2D eigenvalue weighted by Gasteiger charge is -2.29. The normalized spacial score (nSPS) is 15.5. The molecule has 2 heterocycles. The maximum atomic E-state index is 5.26. The Morgan fingerprint density at radius 3 is 2.57 bits per heavy atom. The Balaban J connectivity index is 1.85. The number of hydrogen-bond donors (Lipinski definition) is 1. The van der Waals surface area contributed by atoms with Gasteiger partial charge in [0.15, 0.2) is 0 Å². The monoisotopic (exact) mass is 305 g/mol.